The normalized spacial score (nSPS) is 13.1. The van der Waals surface area contributed by atoms with Crippen LogP contribution in [0.1, 0.15) is 98.3 Å². The highest BCUT2D eigenvalue weighted by Crippen LogP contribution is 2.25. The lowest BCUT2D eigenvalue weighted by molar-refractivity contribution is -0.147. The molecule has 0 radical (unpaired) electrons. The highest BCUT2D eigenvalue weighted by atomic mass is 16.5. The first-order valence-electron chi connectivity index (χ1n) is 9.67. The number of hydrogen-bond donors (Lipinski definition) is 1. The van der Waals surface area contributed by atoms with Crippen molar-refractivity contribution in [2.45, 2.75) is 98.3 Å². The maximum absolute atomic E-state index is 11.8. The molecule has 1 unspecified atom stereocenters. The van der Waals surface area contributed by atoms with Gasteiger partial charge in [-0.15, -0.1) is 0 Å². The van der Waals surface area contributed by atoms with Gasteiger partial charge in [-0.3, -0.25) is 4.79 Å². The van der Waals surface area contributed by atoms with Gasteiger partial charge in [0, 0.05) is 13.0 Å². The molecule has 0 rings (SSSR count). The average molecular weight is 329 g/mol. The first-order valence-corrected chi connectivity index (χ1v) is 9.67. The van der Waals surface area contributed by atoms with E-state index in [-0.39, 0.29) is 23.9 Å². The maximum atomic E-state index is 11.8. The second kappa shape index (κ2) is 13.8. The van der Waals surface area contributed by atoms with Crippen molar-refractivity contribution in [1.82, 2.24) is 0 Å². The van der Waals surface area contributed by atoms with Gasteiger partial charge >= 0.3 is 5.97 Å². The van der Waals surface area contributed by atoms with E-state index in [1.165, 1.54) is 44.9 Å². The Hall–Kier alpha value is -0.570. The Morgan fingerprint density at radius 3 is 2.04 bits per heavy atom. The molecule has 0 aliphatic carbocycles. The molecule has 138 valence electrons. The van der Waals surface area contributed by atoms with E-state index < -0.39 is 0 Å². The Kier molecular flexibility index (Phi) is 13.5. The number of carbonyl (C=O) groups is 1. The number of esters is 1. The third-order valence-corrected chi connectivity index (χ3v) is 4.32. The molecular weight excluding hydrogens is 288 g/mol. The van der Waals surface area contributed by atoms with Crippen LogP contribution in [0.5, 0.6) is 0 Å². The monoisotopic (exact) mass is 328 g/mol. The molecular formula is C20H40O3. The molecule has 0 spiro atoms. The summed E-state index contributed by atoms with van der Waals surface area (Å²) < 4.78 is 5.40. The van der Waals surface area contributed by atoms with Crippen LogP contribution in [0.4, 0.5) is 0 Å². The van der Waals surface area contributed by atoms with E-state index in [1.54, 1.807) is 0 Å². The van der Waals surface area contributed by atoms with Gasteiger partial charge in [0.2, 0.25) is 0 Å². The Labute approximate surface area is 144 Å². The number of aliphatic hydroxyl groups excluding tert-OH is 1. The zero-order valence-corrected chi connectivity index (χ0v) is 16.0. The number of aliphatic hydroxyl groups is 1. The molecule has 0 amide bonds. The van der Waals surface area contributed by atoms with Crippen LogP contribution in [0.25, 0.3) is 0 Å². The summed E-state index contributed by atoms with van der Waals surface area (Å²) in [4.78, 5) is 11.8. The van der Waals surface area contributed by atoms with Gasteiger partial charge in [-0.1, -0.05) is 79.1 Å². The average Bonchev–Trinajstić information content (AvgIpc) is 2.51. The minimum absolute atomic E-state index is 0.0592. The van der Waals surface area contributed by atoms with Crippen LogP contribution in [-0.2, 0) is 9.53 Å². The Morgan fingerprint density at radius 2 is 1.52 bits per heavy atom. The van der Waals surface area contributed by atoms with Crippen LogP contribution in [0.15, 0.2) is 0 Å². The smallest absolute Gasteiger partial charge is 0.305 e. The summed E-state index contributed by atoms with van der Waals surface area (Å²) in [5, 5.41) is 9.12. The third-order valence-electron chi connectivity index (χ3n) is 4.32. The van der Waals surface area contributed by atoms with E-state index in [9.17, 15) is 4.79 Å². The summed E-state index contributed by atoms with van der Waals surface area (Å²) in [7, 11) is 0. The third kappa shape index (κ3) is 14.7. The topological polar surface area (TPSA) is 46.5 Å². The summed E-state index contributed by atoms with van der Waals surface area (Å²) in [6.45, 7) is 9.08. The van der Waals surface area contributed by atoms with Gasteiger partial charge in [0.1, 0.15) is 0 Å². The molecule has 1 atom stereocenters. The van der Waals surface area contributed by atoms with Crippen LogP contribution in [0.2, 0.25) is 0 Å². The van der Waals surface area contributed by atoms with Crippen LogP contribution in [0, 0.1) is 11.3 Å². The van der Waals surface area contributed by atoms with Gasteiger partial charge in [0.25, 0.3) is 0 Å². The van der Waals surface area contributed by atoms with Gasteiger partial charge < -0.3 is 9.84 Å². The van der Waals surface area contributed by atoms with Crippen LogP contribution >= 0.6 is 0 Å². The standard InChI is InChI=1S/C20H40O3/c1-5-6-7-8-9-10-11-12-13-14-19(22)23-17-20(3,4)15-18(2)16-21/h18,21H,5-17H2,1-4H3. The summed E-state index contributed by atoms with van der Waals surface area (Å²) in [6.07, 6.45) is 12.7. The van der Waals surface area contributed by atoms with Crippen molar-refractivity contribution in [2.75, 3.05) is 13.2 Å². The van der Waals surface area contributed by atoms with Gasteiger partial charge in [-0.25, -0.2) is 0 Å². The quantitative estimate of drug-likeness (QED) is 0.319. The number of ether oxygens (including phenoxy) is 1. The minimum atomic E-state index is -0.0716. The maximum Gasteiger partial charge on any atom is 0.305 e. The van der Waals surface area contributed by atoms with E-state index in [2.05, 4.69) is 20.8 Å². The van der Waals surface area contributed by atoms with Crippen molar-refractivity contribution in [3.05, 3.63) is 0 Å². The molecule has 23 heavy (non-hydrogen) atoms. The first kappa shape index (κ1) is 22.4. The fourth-order valence-electron chi connectivity index (χ4n) is 2.99. The van der Waals surface area contributed by atoms with Gasteiger partial charge in [0.15, 0.2) is 0 Å². The molecule has 3 heteroatoms. The molecule has 1 N–H and O–H groups in total. The number of carbonyl (C=O) groups excluding carboxylic acids is 1. The lowest BCUT2D eigenvalue weighted by Crippen LogP contribution is -2.25. The number of hydrogen-bond acceptors (Lipinski definition) is 3. The fourth-order valence-corrected chi connectivity index (χ4v) is 2.99. The van der Waals surface area contributed by atoms with E-state index >= 15 is 0 Å². The molecule has 0 aliphatic heterocycles. The second-order valence-electron chi connectivity index (χ2n) is 7.90. The Bertz CT molecular complexity index is 287. The number of unbranched alkanes of at least 4 members (excludes halogenated alkanes) is 8. The van der Waals surface area contributed by atoms with Crippen molar-refractivity contribution in [1.29, 1.82) is 0 Å². The van der Waals surface area contributed by atoms with Gasteiger partial charge in [0.05, 0.1) is 6.61 Å². The Balaban J connectivity index is 3.53. The highest BCUT2D eigenvalue weighted by Gasteiger charge is 2.22. The lowest BCUT2D eigenvalue weighted by atomic mass is 9.84. The van der Waals surface area contributed by atoms with E-state index in [1.807, 2.05) is 6.92 Å². The molecule has 0 saturated carbocycles. The summed E-state index contributed by atoms with van der Waals surface area (Å²) in [5.41, 5.74) is -0.0592. The first-order chi connectivity index (χ1) is 10.9. The van der Waals surface area contributed by atoms with E-state index in [4.69, 9.17) is 9.84 Å². The molecule has 0 fully saturated rings. The largest absolute Gasteiger partial charge is 0.465 e. The molecule has 0 aromatic heterocycles. The molecule has 0 heterocycles. The summed E-state index contributed by atoms with van der Waals surface area (Å²) in [5.74, 6) is 0.179. The predicted octanol–water partition coefficient (Wildman–Crippen LogP) is 5.50. The summed E-state index contributed by atoms with van der Waals surface area (Å²) >= 11 is 0. The second-order valence-corrected chi connectivity index (χ2v) is 7.90. The van der Waals surface area contributed by atoms with Crippen molar-refractivity contribution in [2.24, 2.45) is 11.3 Å². The Morgan fingerprint density at radius 1 is 1.00 bits per heavy atom. The van der Waals surface area contributed by atoms with E-state index in [0.29, 0.717) is 13.0 Å². The SMILES string of the molecule is CCCCCCCCCCCC(=O)OCC(C)(C)CC(C)CO. The van der Waals surface area contributed by atoms with Crippen molar-refractivity contribution in [3.8, 4) is 0 Å². The molecule has 0 saturated heterocycles. The zero-order chi connectivity index (χ0) is 17.6. The molecule has 0 aromatic rings. The summed E-state index contributed by atoms with van der Waals surface area (Å²) in [6, 6.07) is 0. The van der Waals surface area contributed by atoms with Gasteiger partial charge in [-0.05, 0) is 24.2 Å². The van der Waals surface area contributed by atoms with Gasteiger partial charge in [-0.2, -0.15) is 0 Å². The molecule has 0 aromatic carbocycles. The zero-order valence-electron chi connectivity index (χ0n) is 16.0. The van der Waals surface area contributed by atoms with Crippen LogP contribution in [0.3, 0.4) is 0 Å². The van der Waals surface area contributed by atoms with Crippen LogP contribution < -0.4 is 0 Å². The highest BCUT2D eigenvalue weighted by molar-refractivity contribution is 5.69. The number of rotatable bonds is 15. The lowest BCUT2D eigenvalue weighted by Gasteiger charge is -2.26. The van der Waals surface area contributed by atoms with Crippen molar-refractivity contribution in [3.63, 3.8) is 0 Å². The van der Waals surface area contributed by atoms with Crippen molar-refractivity contribution < 1.29 is 14.6 Å². The van der Waals surface area contributed by atoms with Crippen molar-refractivity contribution >= 4 is 5.97 Å². The minimum Gasteiger partial charge on any atom is -0.465 e. The predicted molar refractivity (Wildman–Crippen MR) is 97.5 cm³/mol. The molecule has 0 bridgehead atoms. The van der Waals surface area contributed by atoms with Crippen LogP contribution in [-0.4, -0.2) is 24.3 Å². The van der Waals surface area contributed by atoms with E-state index in [0.717, 1.165) is 19.3 Å². The molecule has 3 nitrogen and oxygen atoms in total. The fraction of sp³-hybridized carbons (Fsp3) is 0.950. The molecule has 0 aliphatic rings.